The normalized spacial score (nSPS) is 17.1. The molecule has 1 aromatic rings. The second-order valence-electron chi connectivity index (χ2n) is 4.69. The van der Waals surface area contributed by atoms with Crippen LogP contribution < -0.4 is 0 Å². The third kappa shape index (κ3) is 3.30. The molecule has 0 saturated heterocycles. The first-order valence-electron chi connectivity index (χ1n) is 6.03. The van der Waals surface area contributed by atoms with Gasteiger partial charge in [0, 0.05) is 5.25 Å². The SMILES string of the molecule is CS[C@H](CS(=O)(=O)c1ccccc1C(=O)O)C1CC1. The van der Waals surface area contributed by atoms with Crippen molar-refractivity contribution in [1.82, 2.24) is 0 Å². The fourth-order valence-electron chi connectivity index (χ4n) is 2.09. The maximum Gasteiger partial charge on any atom is 0.337 e. The minimum atomic E-state index is -3.55. The van der Waals surface area contributed by atoms with Gasteiger partial charge in [-0.15, -0.1) is 0 Å². The van der Waals surface area contributed by atoms with Crippen LogP contribution in [0.4, 0.5) is 0 Å². The number of hydrogen-bond acceptors (Lipinski definition) is 4. The number of aromatic carboxylic acids is 1. The predicted molar refractivity (Wildman–Crippen MR) is 75.5 cm³/mol. The van der Waals surface area contributed by atoms with E-state index in [4.69, 9.17) is 5.11 Å². The molecule has 19 heavy (non-hydrogen) atoms. The third-order valence-electron chi connectivity index (χ3n) is 3.29. The zero-order valence-corrected chi connectivity index (χ0v) is 12.2. The zero-order valence-electron chi connectivity index (χ0n) is 10.6. The van der Waals surface area contributed by atoms with E-state index in [0.29, 0.717) is 5.92 Å². The standard InChI is InChI=1S/C13H16O4S2/c1-18-11(9-6-7-9)8-19(16,17)12-5-3-2-4-10(12)13(14)15/h2-5,9,11H,6-8H2,1H3,(H,14,15)/t11-/m1/s1. The summed E-state index contributed by atoms with van der Waals surface area (Å²) in [6, 6.07) is 5.81. The summed E-state index contributed by atoms with van der Waals surface area (Å²) < 4.78 is 24.8. The summed E-state index contributed by atoms with van der Waals surface area (Å²) in [5.41, 5.74) is -0.141. The molecule has 0 unspecified atom stereocenters. The van der Waals surface area contributed by atoms with Gasteiger partial charge in [-0.25, -0.2) is 13.2 Å². The van der Waals surface area contributed by atoms with Crippen molar-refractivity contribution in [1.29, 1.82) is 0 Å². The van der Waals surface area contributed by atoms with Gasteiger partial charge in [0.25, 0.3) is 0 Å². The first-order valence-corrected chi connectivity index (χ1v) is 8.97. The van der Waals surface area contributed by atoms with Gasteiger partial charge >= 0.3 is 5.97 Å². The number of hydrogen-bond donors (Lipinski definition) is 1. The van der Waals surface area contributed by atoms with Gasteiger partial charge in [-0.3, -0.25) is 0 Å². The van der Waals surface area contributed by atoms with Gasteiger partial charge in [-0.2, -0.15) is 11.8 Å². The van der Waals surface area contributed by atoms with Crippen molar-refractivity contribution in [2.24, 2.45) is 5.92 Å². The molecule has 0 heterocycles. The molecule has 1 N–H and O–H groups in total. The number of carboxylic acid groups (broad SMARTS) is 1. The Labute approximate surface area is 117 Å². The second-order valence-corrected chi connectivity index (χ2v) is 7.77. The molecule has 2 rings (SSSR count). The molecule has 0 amide bonds. The lowest BCUT2D eigenvalue weighted by atomic mass is 10.2. The first kappa shape index (κ1) is 14.4. The predicted octanol–water partition coefficient (Wildman–Crippen LogP) is 2.30. The number of rotatable bonds is 6. The van der Waals surface area contributed by atoms with E-state index < -0.39 is 15.8 Å². The van der Waals surface area contributed by atoms with Gasteiger partial charge in [0.1, 0.15) is 0 Å². The molecule has 1 aliphatic carbocycles. The van der Waals surface area contributed by atoms with E-state index in [1.807, 2.05) is 6.26 Å². The molecule has 0 spiro atoms. The number of thioether (sulfide) groups is 1. The summed E-state index contributed by atoms with van der Waals surface area (Å²) in [7, 11) is -3.55. The van der Waals surface area contributed by atoms with Gasteiger partial charge in [0.15, 0.2) is 9.84 Å². The minimum Gasteiger partial charge on any atom is -0.478 e. The van der Waals surface area contributed by atoms with Crippen LogP contribution in [0.15, 0.2) is 29.2 Å². The number of benzene rings is 1. The van der Waals surface area contributed by atoms with Gasteiger partial charge in [0.05, 0.1) is 16.2 Å². The molecule has 1 fully saturated rings. The Morgan fingerprint density at radius 2 is 2.05 bits per heavy atom. The Balaban J connectivity index is 2.31. The lowest BCUT2D eigenvalue weighted by molar-refractivity contribution is 0.0692. The van der Waals surface area contributed by atoms with Crippen LogP contribution in [-0.2, 0) is 9.84 Å². The fraction of sp³-hybridized carbons (Fsp3) is 0.462. The Hall–Kier alpha value is -1.01. The molecular weight excluding hydrogens is 284 g/mol. The van der Waals surface area contributed by atoms with E-state index >= 15 is 0 Å². The van der Waals surface area contributed by atoms with Crippen LogP contribution in [0.5, 0.6) is 0 Å². The maximum absolute atomic E-state index is 12.4. The minimum absolute atomic E-state index is 0.0170. The number of carbonyl (C=O) groups is 1. The summed E-state index contributed by atoms with van der Waals surface area (Å²) >= 11 is 1.55. The monoisotopic (exact) mass is 300 g/mol. The smallest absolute Gasteiger partial charge is 0.337 e. The topological polar surface area (TPSA) is 71.4 Å². The largest absolute Gasteiger partial charge is 0.478 e. The van der Waals surface area contributed by atoms with Crippen molar-refractivity contribution in [3.63, 3.8) is 0 Å². The van der Waals surface area contributed by atoms with Gasteiger partial charge in [0.2, 0.25) is 0 Å². The highest BCUT2D eigenvalue weighted by Crippen LogP contribution is 2.39. The van der Waals surface area contributed by atoms with Crippen LogP contribution in [0.2, 0.25) is 0 Å². The molecule has 4 nitrogen and oxygen atoms in total. The van der Waals surface area contributed by atoms with E-state index in [2.05, 4.69) is 0 Å². The molecule has 1 atom stereocenters. The molecule has 0 aliphatic heterocycles. The van der Waals surface area contributed by atoms with E-state index in [-0.39, 0.29) is 21.5 Å². The van der Waals surface area contributed by atoms with Crippen LogP contribution in [0, 0.1) is 5.92 Å². The molecular formula is C13H16O4S2. The summed E-state index contributed by atoms with van der Waals surface area (Å²) in [4.78, 5) is 11.0. The van der Waals surface area contributed by atoms with E-state index in [1.165, 1.54) is 18.2 Å². The zero-order chi connectivity index (χ0) is 14.0. The first-order chi connectivity index (χ1) is 8.95. The van der Waals surface area contributed by atoms with Crippen LogP contribution in [0.3, 0.4) is 0 Å². The highest BCUT2D eigenvalue weighted by atomic mass is 32.2. The Morgan fingerprint density at radius 1 is 1.42 bits per heavy atom. The third-order valence-corrected chi connectivity index (χ3v) is 6.48. The number of sulfone groups is 1. The maximum atomic E-state index is 12.4. The second kappa shape index (κ2) is 5.54. The van der Waals surface area contributed by atoms with Crippen molar-refractivity contribution >= 4 is 27.6 Å². The van der Waals surface area contributed by atoms with Crippen LogP contribution in [0.25, 0.3) is 0 Å². The summed E-state index contributed by atoms with van der Waals surface area (Å²) in [5.74, 6) is -0.726. The summed E-state index contributed by atoms with van der Waals surface area (Å²) in [6.45, 7) is 0. The summed E-state index contributed by atoms with van der Waals surface area (Å²) in [6.07, 6.45) is 4.05. The van der Waals surface area contributed by atoms with Crippen LogP contribution in [-0.4, -0.2) is 36.8 Å². The fourth-order valence-corrected chi connectivity index (χ4v) is 5.48. The molecule has 1 aliphatic rings. The molecule has 1 aromatic carbocycles. The quantitative estimate of drug-likeness (QED) is 0.873. The highest BCUT2D eigenvalue weighted by molar-refractivity contribution is 8.00. The molecule has 104 valence electrons. The average molecular weight is 300 g/mol. The van der Waals surface area contributed by atoms with E-state index in [9.17, 15) is 13.2 Å². The van der Waals surface area contributed by atoms with Crippen molar-refractivity contribution in [3.05, 3.63) is 29.8 Å². The van der Waals surface area contributed by atoms with Gasteiger partial charge in [-0.05, 0) is 37.1 Å². The average Bonchev–Trinajstić information content (AvgIpc) is 3.20. The van der Waals surface area contributed by atoms with E-state index in [0.717, 1.165) is 12.8 Å². The van der Waals surface area contributed by atoms with Crippen LogP contribution >= 0.6 is 11.8 Å². The number of carboxylic acids is 1. The van der Waals surface area contributed by atoms with Crippen molar-refractivity contribution < 1.29 is 18.3 Å². The molecule has 1 saturated carbocycles. The van der Waals surface area contributed by atoms with Crippen molar-refractivity contribution in [2.75, 3.05) is 12.0 Å². The lowest BCUT2D eigenvalue weighted by Crippen LogP contribution is -2.22. The van der Waals surface area contributed by atoms with Gasteiger partial charge < -0.3 is 5.11 Å². The molecule has 6 heteroatoms. The van der Waals surface area contributed by atoms with Crippen molar-refractivity contribution in [2.45, 2.75) is 23.0 Å². The van der Waals surface area contributed by atoms with Gasteiger partial charge in [-0.1, -0.05) is 12.1 Å². The Bertz CT molecular complexity index is 576. The molecule has 0 bridgehead atoms. The molecule has 0 radical (unpaired) electrons. The lowest BCUT2D eigenvalue weighted by Gasteiger charge is -2.14. The summed E-state index contributed by atoms with van der Waals surface area (Å²) in [5, 5.41) is 9.13. The van der Waals surface area contributed by atoms with E-state index in [1.54, 1.807) is 17.8 Å². The van der Waals surface area contributed by atoms with Crippen molar-refractivity contribution in [3.8, 4) is 0 Å². The Morgan fingerprint density at radius 3 is 2.58 bits per heavy atom. The molecule has 0 aromatic heterocycles. The Kier molecular flexibility index (Phi) is 4.20. The van der Waals surface area contributed by atoms with Crippen LogP contribution in [0.1, 0.15) is 23.2 Å². The highest BCUT2D eigenvalue weighted by Gasteiger charge is 2.35.